The lowest BCUT2D eigenvalue weighted by molar-refractivity contribution is -0.383. The molecule has 0 aliphatic heterocycles. The van der Waals surface area contributed by atoms with E-state index in [0.29, 0.717) is 17.2 Å². The number of anilines is 1. The smallest absolute Gasteiger partial charge is 0.301 e. The first-order valence-electron chi connectivity index (χ1n) is 6.00. The van der Waals surface area contributed by atoms with Crippen LogP contribution >= 0.6 is 0 Å². The van der Waals surface area contributed by atoms with E-state index in [9.17, 15) is 10.1 Å². The molecular weight excluding hydrogens is 276 g/mol. The fourth-order valence-electron chi connectivity index (χ4n) is 1.97. The number of ether oxygens (including phenoxy) is 1. The number of non-ortho nitro benzene ring substituents is 1. The summed E-state index contributed by atoms with van der Waals surface area (Å²) in [6, 6.07) is 7.94. The van der Waals surface area contributed by atoms with Crippen molar-refractivity contribution in [3.8, 4) is 11.5 Å². The van der Waals surface area contributed by atoms with Crippen LogP contribution in [0.3, 0.4) is 0 Å². The summed E-state index contributed by atoms with van der Waals surface area (Å²) in [5, 5.41) is 18.1. The van der Waals surface area contributed by atoms with Crippen molar-refractivity contribution in [1.82, 2.24) is 10.3 Å². The van der Waals surface area contributed by atoms with E-state index < -0.39 is 4.92 Å². The minimum Gasteiger partial charge on any atom is -0.455 e. The van der Waals surface area contributed by atoms with Gasteiger partial charge in [-0.1, -0.05) is 0 Å². The lowest BCUT2D eigenvalue weighted by Crippen LogP contribution is -1.93. The van der Waals surface area contributed by atoms with Gasteiger partial charge in [-0.25, -0.2) is 4.63 Å². The molecule has 8 heteroatoms. The van der Waals surface area contributed by atoms with E-state index in [1.165, 1.54) is 12.1 Å². The fourth-order valence-corrected chi connectivity index (χ4v) is 1.97. The van der Waals surface area contributed by atoms with Crippen LogP contribution in [0.2, 0.25) is 0 Å². The second kappa shape index (κ2) is 4.75. The van der Waals surface area contributed by atoms with Gasteiger partial charge < -0.3 is 10.5 Å². The summed E-state index contributed by atoms with van der Waals surface area (Å²) in [5.41, 5.74) is 7.19. The number of aryl methyl sites for hydroxylation is 1. The molecular formula is C13H10N4O4. The van der Waals surface area contributed by atoms with Gasteiger partial charge in [0.05, 0.1) is 4.92 Å². The van der Waals surface area contributed by atoms with E-state index in [0.717, 1.165) is 5.56 Å². The van der Waals surface area contributed by atoms with Crippen molar-refractivity contribution in [3.05, 3.63) is 46.0 Å². The SMILES string of the molecule is Cc1cc(N)ccc1Oc1ccc([N+](=O)[O-])c2nonc12. The quantitative estimate of drug-likeness (QED) is 0.446. The molecule has 8 nitrogen and oxygen atoms in total. The average Bonchev–Trinajstić information content (AvgIpc) is 2.91. The van der Waals surface area contributed by atoms with Crippen LogP contribution in [-0.4, -0.2) is 15.2 Å². The number of hydrogen-bond donors (Lipinski definition) is 1. The third-order valence-electron chi connectivity index (χ3n) is 2.97. The third kappa shape index (κ3) is 2.22. The Hall–Kier alpha value is -3.16. The van der Waals surface area contributed by atoms with Crippen molar-refractivity contribution in [1.29, 1.82) is 0 Å². The van der Waals surface area contributed by atoms with E-state index >= 15 is 0 Å². The summed E-state index contributed by atoms with van der Waals surface area (Å²) in [6.45, 7) is 1.84. The highest BCUT2D eigenvalue weighted by molar-refractivity contribution is 5.88. The van der Waals surface area contributed by atoms with Gasteiger partial charge in [0.1, 0.15) is 5.75 Å². The van der Waals surface area contributed by atoms with E-state index in [-0.39, 0.29) is 16.7 Å². The molecule has 0 spiro atoms. The van der Waals surface area contributed by atoms with Crippen LogP contribution in [0.4, 0.5) is 11.4 Å². The zero-order valence-corrected chi connectivity index (χ0v) is 10.9. The molecule has 0 unspecified atom stereocenters. The number of nitrogens with two attached hydrogens (primary N) is 1. The molecule has 1 aromatic heterocycles. The molecule has 2 N–H and O–H groups in total. The molecule has 1 heterocycles. The normalized spacial score (nSPS) is 10.7. The number of aromatic nitrogens is 2. The maximum absolute atomic E-state index is 10.9. The van der Waals surface area contributed by atoms with Gasteiger partial charge in [-0.3, -0.25) is 10.1 Å². The molecule has 21 heavy (non-hydrogen) atoms. The highest BCUT2D eigenvalue weighted by atomic mass is 16.6. The Balaban J connectivity index is 2.07. The molecule has 0 fully saturated rings. The first-order chi connectivity index (χ1) is 10.1. The largest absolute Gasteiger partial charge is 0.455 e. The van der Waals surface area contributed by atoms with E-state index in [1.54, 1.807) is 18.2 Å². The zero-order chi connectivity index (χ0) is 15.0. The highest BCUT2D eigenvalue weighted by Crippen LogP contribution is 2.34. The molecule has 3 rings (SSSR count). The van der Waals surface area contributed by atoms with Gasteiger partial charge in [0.2, 0.25) is 5.52 Å². The lowest BCUT2D eigenvalue weighted by atomic mass is 10.2. The van der Waals surface area contributed by atoms with Gasteiger partial charge in [0, 0.05) is 11.8 Å². The monoisotopic (exact) mass is 286 g/mol. The molecule has 0 aliphatic rings. The maximum Gasteiger partial charge on any atom is 0.301 e. The molecule has 0 saturated carbocycles. The van der Waals surface area contributed by atoms with Crippen LogP contribution in [-0.2, 0) is 0 Å². The van der Waals surface area contributed by atoms with Gasteiger partial charge in [0.15, 0.2) is 11.3 Å². The molecule has 0 bridgehead atoms. The number of nitro benzene ring substituents is 1. The average molecular weight is 286 g/mol. The fraction of sp³-hybridized carbons (Fsp3) is 0.0769. The first-order valence-corrected chi connectivity index (χ1v) is 6.00. The molecule has 0 amide bonds. The summed E-state index contributed by atoms with van der Waals surface area (Å²) in [4.78, 5) is 10.4. The predicted molar refractivity (Wildman–Crippen MR) is 74.1 cm³/mol. The highest BCUT2D eigenvalue weighted by Gasteiger charge is 2.20. The van der Waals surface area contributed by atoms with Crippen molar-refractivity contribution in [2.75, 3.05) is 5.73 Å². The molecule has 2 aromatic carbocycles. The topological polar surface area (TPSA) is 117 Å². The number of fused-ring (bicyclic) bond motifs is 1. The Kier molecular flexibility index (Phi) is 2.90. The molecule has 106 valence electrons. The van der Waals surface area contributed by atoms with Crippen LogP contribution < -0.4 is 10.5 Å². The van der Waals surface area contributed by atoms with Crippen LogP contribution in [0.5, 0.6) is 11.5 Å². The van der Waals surface area contributed by atoms with Crippen molar-refractivity contribution < 1.29 is 14.3 Å². The van der Waals surface area contributed by atoms with Gasteiger partial charge >= 0.3 is 5.69 Å². The summed E-state index contributed by atoms with van der Waals surface area (Å²) in [7, 11) is 0. The van der Waals surface area contributed by atoms with Crippen molar-refractivity contribution >= 4 is 22.4 Å². The molecule has 0 aliphatic carbocycles. The van der Waals surface area contributed by atoms with Gasteiger partial charge in [-0.15, -0.1) is 0 Å². The standard InChI is InChI=1S/C13H10N4O4/c1-7-6-8(14)2-4-10(7)20-11-5-3-9(17(18)19)12-13(11)16-21-15-12/h2-6H,14H2,1H3. The van der Waals surface area contributed by atoms with Crippen LogP contribution in [0.15, 0.2) is 35.0 Å². The molecule has 0 atom stereocenters. The Morgan fingerprint density at radius 2 is 1.90 bits per heavy atom. The number of nitrogens with zero attached hydrogens (tertiary/aromatic N) is 3. The Morgan fingerprint density at radius 3 is 2.62 bits per heavy atom. The number of benzene rings is 2. The van der Waals surface area contributed by atoms with Crippen molar-refractivity contribution in [2.45, 2.75) is 6.92 Å². The number of hydrogen-bond acceptors (Lipinski definition) is 7. The van der Waals surface area contributed by atoms with E-state index in [1.807, 2.05) is 6.92 Å². The molecule has 0 radical (unpaired) electrons. The number of rotatable bonds is 3. The van der Waals surface area contributed by atoms with Crippen molar-refractivity contribution in [3.63, 3.8) is 0 Å². The lowest BCUT2D eigenvalue weighted by Gasteiger charge is -2.09. The van der Waals surface area contributed by atoms with E-state index in [2.05, 4.69) is 14.9 Å². The number of nitrogen functional groups attached to an aromatic ring is 1. The molecule has 3 aromatic rings. The number of nitro groups is 1. The van der Waals surface area contributed by atoms with Crippen LogP contribution in [0, 0.1) is 17.0 Å². The third-order valence-corrected chi connectivity index (χ3v) is 2.97. The minimum atomic E-state index is -0.551. The van der Waals surface area contributed by atoms with Crippen LogP contribution in [0.1, 0.15) is 5.56 Å². The second-order valence-corrected chi connectivity index (χ2v) is 4.43. The van der Waals surface area contributed by atoms with Gasteiger partial charge in [-0.2, -0.15) is 0 Å². The minimum absolute atomic E-state index is 0.0469. The van der Waals surface area contributed by atoms with Crippen molar-refractivity contribution in [2.24, 2.45) is 0 Å². The Bertz CT molecular complexity index is 843. The summed E-state index contributed by atoms with van der Waals surface area (Å²) >= 11 is 0. The predicted octanol–water partition coefficient (Wildman–Crippen LogP) is 2.81. The molecule has 0 saturated heterocycles. The summed E-state index contributed by atoms with van der Waals surface area (Å²) in [5.74, 6) is 0.895. The second-order valence-electron chi connectivity index (χ2n) is 4.43. The first kappa shape index (κ1) is 12.9. The summed E-state index contributed by atoms with van der Waals surface area (Å²) < 4.78 is 10.3. The maximum atomic E-state index is 10.9. The van der Waals surface area contributed by atoms with Gasteiger partial charge in [-0.05, 0) is 47.1 Å². The summed E-state index contributed by atoms with van der Waals surface area (Å²) in [6.07, 6.45) is 0. The van der Waals surface area contributed by atoms with Gasteiger partial charge in [0.25, 0.3) is 0 Å². The Morgan fingerprint density at radius 1 is 1.19 bits per heavy atom. The Labute approximate surface area is 118 Å². The van der Waals surface area contributed by atoms with E-state index in [4.69, 9.17) is 10.5 Å². The zero-order valence-electron chi connectivity index (χ0n) is 10.9. The van der Waals surface area contributed by atoms with Crippen LogP contribution in [0.25, 0.3) is 11.0 Å².